The molecule has 0 heterocycles. The molecule has 0 aromatic carbocycles. The molecule has 1 rings (SSSR count). The van der Waals surface area contributed by atoms with E-state index < -0.39 is 0 Å². The fourth-order valence-electron chi connectivity index (χ4n) is 2.29. The van der Waals surface area contributed by atoms with E-state index >= 15 is 0 Å². The first-order valence-corrected chi connectivity index (χ1v) is 5.95. The van der Waals surface area contributed by atoms with E-state index in [1.54, 1.807) is 0 Å². The molecule has 0 radical (unpaired) electrons. The number of hydrogen-bond acceptors (Lipinski definition) is 2. The third kappa shape index (κ3) is 3.69. The molecule has 0 bridgehead atoms. The van der Waals surface area contributed by atoms with Gasteiger partial charge in [-0.25, -0.2) is 0 Å². The van der Waals surface area contributed by atoms with Gasteiger partial charge in [-0.3, -0.25) is 4.79 Å². The molecule has 82 valence electrons. The van der Waals surface area contributed by atoms with Crippen LogP contribution in [0.3, 0.4) is 0 Å². The third-order valence-electron chi connectivity index (χ3n) is 3.02. The summed E-state index contributed by atoms with van der Waals surface area (Å²) >= 11 is 0. The van der Waals surface area contributed by atoms with Crippen molar-refractivity contribution < 1.29 is 9.53 Å². The van der Waals surface area contributed by atoms with E-state index in [1.807, 2.05) is 6.92 Å². The van der Waals surface area contributed by atoms with E-state index in [0.29, 0.717) is 6.42 Å². The summed E-state index contributed by atoms with van der Waals surface area (Å²) in [6.07, 6.45) is 7.99. The first-order valence-electron chi connectivity index (χ1n) is 5.95. The normalized spacial score (nSPS) is 27.3. The van der Waals surface area contributed by atoms with Gasteiger partial charge in [-0.15, -0.1) is 0 Å². The van der Waals surface area contributed by atoms with Crippen LogP contribution in [0.1, 0.15) is 58.8 Å². The molecular weight excluding hydrogens is 176 g/mol. The van der Waals surface area contributed by atoms with Crippen molar-refractivity contribution in [2.24, 2.45) is 5.92 Å². The minimum atomic E-state index is -0.0350. The van der Waals surface area contributed by atoms with Crippen LogP contribution in [0.25, 0.3) is 0 Å². The first-order chi connectivity index (χ1) is 6.76. The van der Waals surface area contributed by atoms with Crippen LogP contribution in [0.15, 0.2) is 0 Å². The molecule has 0 aromatic heterocycles. The van der Waals surface area contributed by atoms with Gasteiger partial charge < -0.3 is 4.74 Å². The summed E-state index contributed by atoms with van der Waals surface area (Å²) in [5, 5.41) is 0. The molecule has 2 unspecified atom stereocenters. The molecule has 0 aromatic rings. The van der Waals surface area contributed by atoms with E-state index in [2.05, 4.69) is 6.92 Å². The Morgan fingerprint density at radius 2 is 2.14 bits per heavy atom. The number of ether oxygens (including phenoxy) is 1. The quantitative estimate of drug-likeness (QED) is 0.648. The van der Waals surface area contributed by atoms with Crippen LogP contribution in [0.2, 0.25) is 0 Å². The Hall–Kier alpha value is -0.530. The summed E-state index contributed by atoms with van der Waals surface area (Å²) in [7, 11) is 0. The molecule has 0 spiro atoms. The van der Waals surface area contributed by atoms with Crippen LogP contribution < -0.4 is 0 Å². The van der Waals surface area contributed by atoms with Crippen LogP contribution in [0.5, 0.6) is 0 Å². The van der Waals surface area contributed by atoms with Crippen molar-refractivity contribution in [2.45, 2.75) is 64.9 Å². The van der Waals surface area contributed by atoms with Gasteiger partial charge in [-0.05, 0) is 25.2 Å². The molecule has 14 heavy (non-hydrogen) atoms. The summed E-state index contributed by atoms with van der Waals surface area (Å²) in [5.41, 5.74) is 0. The Morgan fingerprint density at radius 3 is 2.79 bits per heavy atom. The highest BCUT2D eigenvalue weighted by Crippen LogP contribution is 2.29. The monoisotopic (exact) mass is 198 g/mol. The smallest absolute Gasteiger partial charge is 0.305 e. The number of rotatable bonds is 4. The maximum absolute atomic E-state index is 11.1. The standard InChI is InChI=1S/C12H22O2/c1-3-6-10-7-5-8-11(9-10)14-12(13)4-2/h10-11H,3-9H2,1-2H3. The summed E-state index contributed by atoms with van der Waals surface area (Å²) in [6, 6.07) is 0. The predicted octanol–water partition coefficient (Wildman–Crippen LogP) is 3.30. The summed E-state index contributed by atoms with van der Waals surface area (Å²) in [5.74, 6) is 0.760. The van der Waals surface area contributed by atoms with Gasteiger partial charge >= 0.3 is 5.97 Å². The number of esters is 1. The highest BCUT2D eigenvalue weighted by molar-refractivity contribution is 5.69. The van der Waals surface area contributed by atoms with E-state index in [0.717, 1.165) is 18.8 Å². The lowest BCUT2D eigenvalue weighted by Crippen LogP contribution is -2.25. The molecule has 2 heteroatoms. The lowest BCUT2D eigenvalue weighted by Gasteiger charge is -2.28. The topological polar surface area (TPSA) is 26.3 Å². The lowest BCUT2D eigenvalue weighted by atomic mass is 9.84. The molecule has 2 nitrogen and oxygen atoms in total. The molecule has 0 N–H and O–H groups in total. The zero-order valence-electron chi connectivity index (χ0n) is 9.42. The zero-order valence-corrected chi connectivity index (χ0v) is 9.42. The minimum Gasteiger partial charge on any atom is -0.462 e. The second-order valence-corrected chi connectivity index (χ2v) is 4.29. The molecule has 1 fully saturated rings. The van der Waals surface area contributed by atoms with Crippen molar-refractivity contribution >= 4 is 5.97 Å². The molecule has 2 atom stereocenters. The van der Waals surface area contributed by atoms with E-state index in [9.17, 15) is 4.79 Å². The Labute approximate surface area is 87.0 Å². The van der Waals surface area contributed by atoms with Crippen molar-refractivity contribution in [3.8, 4) is 0 Å². The van der Waals surface area contributed by atoms with Gasteiger partial charge in [-0.2, -0.15) is 0 Å². The van der Waals surface area contributed by atoms with Gasteiger partial charge in [0.15, 0.2) is 0 Å². The number of hydrogen-bond donors (Lipinski definition) is 0. The van der Waals surface area contributed by atoms with Crippen LogP contribution in [0, 0.1) is 5.92 Å². The van der Waals surface area contributed by atoms with Crippen molar-refractivity contribution in [3.05, 3.63) is 0 Å². The number of carbonyl (C=O) groups excluding carboxylic acids is 1. The second kappa shape index (κ2) is 6.05. The zero-order chi connectivity index (χ0) is 10.4. The predicted molar refractivity (Wildman–Crippen MR) is 57.0 cm³/mol. The Kier molecular flexibility index (Phi) is 4.99. The van der Waals surface area contributed by atoms with Crippen molar-refractivity contribution in [2.75, 3.05) is 0 Å². The third-order valence-corrected chi connectivity index (χ3v) is 3.02. The Bertz CT molecular complexity index is 175. The van der Waals surface area contributed by atoms with Crippen LogP contribution in [-0.4, -0.2) is 12.1 Å². The Morgan fingerprint density at radius 1 is 1.36 bits per heavy atom. The fourth-order valence-corrected chi connectivity index (χ4v) is 2.29. The van der Waals surface area contributed by atoms with Gasteiger partial charge in [0.05, 0.1) is 0 Å². The van der Waals surface area contributed by atoms with E-state index in [-0.39, 0.29) is 12.1 Å². The second-order valence-electron chi connectivity index (χ2n) is 4.29. The number of carbonyl (C=O) groups is 1. The molecule has 1 aliphatic carbocycles. The van der Waals surface area contributed by atoms with Crippen molar-refractivity contribution in [1.29, 1.82) is 0 Å². The molecule has 0 aliphatic heterocycles. The average molecular weight is 198 g/mol. The minimum absolute atomic E-state index is 0.0350. The maximum Gasteiger partial charge on any atom is 0.305 e. The summed E-state index contributed by atoms with van der Waals surface area (Å²) in [4.78, 5) is 11.1. The van der Waals surface area contributed by atoms with Crippen LogP contribution in [-0.2, 0) is 9.53 Å². The maximum atomic E-state index is 11.1. The summed E-state index contributed by atoms with van der Waals surface area (Å²) in [6.45, 7) is 4.08. The van der Waals surface area contributed by atoms with Gasteiger partial charge in [0, 0.05) is 6.42 Å². The lowest BCUT2D eigenvalue weighted by molar-refractivity contribution is -0.150. The van der Waals surface area contributed by atoms with Gasteiger partial charge in [0.25, 0.3) is 0 Å². The Balaban J connectivity index is 2.28. The van der Waals surface area contributed by atoms with Gasteiger partial charge in [0.2, 0.25) is 0 Å². The first kappa shape index (κ1) is 11.5. The van der Waals surface area contributed by atoms with E-state index in [1.165, 1.54) is 25.7 Å². The average Bonchev–Trinajstić information content (AvgIpc) is 2.19. The van der Waals surface area contributed by atoms with Crippen molar-refractivity contribution in [1.82, 2.24) is 0 Å². The van der Waals surface area contributed by atoms with Crippen molar-refractivity contribution in [3.63, 3.8) is 0 Å². The molecule has 1 saturated carbocycles. The van der Waals surface area contributed by atoms with Gasteiger partial charge in [-0.1, -0.05) is 33.1 Å². The highest BCUT2D eigenvalue weighted by atomic mass is 16.5. The fraction of sp³-hybridized carbons (Fsp3) is 0.917. The largest absolute Gasteiger partial charge is 0.462 e. The van der Waals surface area contributed by atoms with Crippen LogP contribution >= 0.6 is 0 Å². The van der Waals surface area contributed by atoms with Crippen LogP contribution in [0.4, 0.5) is 0 Å². The molecular formula is C12H22O2. The SMILES string of the molecule is CCCC1CCCC(OC(=O)CC)C1. The van der Waals surface area contributed by atoms with E-state index in [4.69, 9.17) is 4.74 Å². The molecule has 0 amide bonds. The molecule has 1 aliphatic rings. The van der Waals surface area contributed by atoms with Gasteiger partial charge in [0.1, 0.15) is 6.10 Å². The molecule has 0 saturated heterocycles. The highest BCUT2D eigenvalue weighted by Gasteiger charge is 2.23. The summed E-state index contributed by atoms with van der Waals surface area (Å²) < 4.78 is 5.38.